The molecular weight excluding hydrogens is 407 g/mol. The van der Waals surface area contributed by atoms with Gasteiger partial charge in [0.25, 0.3) is 0 Å². The van der Waals surface area contributed by atoms with Crippen LogP contribution in [0.15, 0.2) is 0 Å². The molecule has 1 aliphatic heterocycles. The Hall–Kier alpha value is 1.48. The minimum Gasteiger partial charge on any atom is -0.461 e. The smallest absolute Gasteiger partial charge is 0.461 e. The first-order chi connectivity index (χ1) is 14.3. The van der Waals surface area contributed by atoms with Gasteiger partial charge in [-0.1, -0.05) is 48.0 Å². The summed E-state index contributed by atoms with van der Waals surface area (Å²) in [5.74, 6) is 0. The number of nitrogens with zero attached hydrogens (tertiary/aromatic N) is 2. The number of piperidine rings is 1. The Morgan fingerprint density at radius 1 is 1.03 bits per heavy atom. The van der Waals surface area contributed by atoms with E-state index in [2.05, 4.69) is 64.1 Å². The van der Waals surface area contributed by atoms with Gasteiger partial charge in [-0.15, -0.1) is 0 Å². The predicted molar refractivity (Wildman–Crippen MR) is 138 cm³/mol. The number of rotatable bonds is 10. The van der Waals surface area contributed by atoms with E-state index in [1.54, 1.807) is 0 Å². The number of nitrogens with one attached hydrogen (secondary N) is 2. The zero-order valence-electron chi connectivity index (χ0n) is 23.4. The molecule has 2 aliphatic rings. The predicted octanol–water partition coefficient (Wildman–Crippen LogP) is 2.79. The molecule has 5 heteroatoms. The van der Waals surface area contributed by atoms with Crippen LogP contribution in [0.4, 0.5) is 0 Å². The van der Waals surface area contributed by atoms with E-state index < -0.39 is 0 Å². The first kappa shape index (κ1) is 37.0. The van der Waals surface area contributed by atoms with Crippen LogP contribution in [0.2, 0.25) is 0 Å². The van der Waals surface area contributed by atoms with Gasteiger partial charge in [-0.2, -0.15) is 0 Å². The van der Waals surface area contributed by atoms with E-state index in [1.807, 2.05) is 25.8 Å². The van der Waals surface area contributed by atoms with Crippen molar-refractivity contribution in [2.45, 2.75) is 112 Å². The van der Waals surface area contributed by atoms with Gasteiger partial charge in [-0.05, 0) is 91.0 Å². The van der Waals surface area contributed by atoms with Gasteiger partial charge in [-0.25, -0.2) is 0 Å². The maximum Gasteiger partial charge on any atom is 1.00 e. The molecule has 0 aromatic heterocycles. The Labute approximate surface area is 240 Å². The van der Waals surface area contributed by atoms with E-state index >= 15 is 0 Å². The van der Waals surface area contributed by atoms with Crippen molar-refractivity contribution in [1.82, 2.24) is 20.4 Å². The standard InChI is InChI=1S/C12H26N3.C9H19N.C3H8.C2H6.K/c1-11(2)15-8-5-12(6-9-15)13-7-10-14(3)4;1-3-7-10-8-9(4-2)5-6-9;1-3-2;1-2;/h11-13H,3,5-10H2,1-2,4H3;10H,3-8H2,1-2H3;3H2,1-2H3;1-2H3;/q-1;;;;+1. The van der Waals surface area contributed by atoms with Crippen molar-refractivity contribution in [2.75, 3.05) is 46.3 Å². The molecule has 0 aromatic rings. The SMILES string of the molecule is CC.CCC.CCCNCC1(CC)CC1.[CH2-]N(C)CCNC1CCN(C(C)C)CC1.[K+]. The van der Waals surface area contributed by atoms with Gasteiger partial charge >= 0.3 is 51.4 Å². The molecule has 1 heterocycles. The molecule has 31 heavy (non-hydrogen) atoms. The summed E-state index contributed by atoms with van der Waals surface area (Å²) in [5.41, 5.74) is 0.731. The molecule has 2 N–H and O–H groups in total. The molecular formula is C26H59KN4. The summed E-state index contributed by atoms with van der Waals surface area (Å²) in [7, 11) is 5.86. The molecule has 0 bridgehead atoms. The third-order valence-electron chi connectivity index (χ3n) is 5.82. The fraction of sp³-hybridized carbons (Fsp3) is 0.962. The van der Waals surface area contributed by atoms with Crippen LogP contribution in [0.1, 0.15) is 100 Å². The van der Waals surface area contributed by atoms with Crippen LogP contribution in [-0.2, 0) is 0 Å². The van der Waals surface area contributed by atoms with Crippen LogP contribution in [0.3, 0.4) is 0 Å². The molecule has 1 saturated carbocycles. The second-order valence-electron chi connectivity index (χ2n) is 9.18. The molecule has 0 aromatic carbocycles. The maximum atomic E-state index is 3.84. The zero-order valence-corrected chi connectivity index (χ0v) is 26.6. The Kier molecular flexibility index (Phi) is 29.4. The summed E-state index contributed by atoms with van der Waals surface area (Å²) >= 11 is 0. The molecule has 4 nitrogen and oxygen atoms in total. The summed E-state index contributed by atoms with van der Waals surface area (Å²) in [6, 6.07) is 1.43. The number of likely N-dealkylation sites (N-methyl/N-ethyl adjacent to an activating group) is 1. The first-order valence-electron chi connectivity index (χ1n) is 13.0. The minimum absolute atomic E-state index is 0. The second kappa shape index (κ2) is 24.6. The van der Waals surface area contributed by atoms with Gasteiger partial charge in [0.1, 0.15) is 0 Å². The van der Waals surface area contributed by atoms with Crippen LogP contribution in [0, 0.1) is 12.5 Å². The maximum absolute atomic E-state index is 3.84. The Morgan fingerprint density at radius 3 is 1.90 bits per heavy atom. The average molecular weight is 467 g/mol. The minimum atomic E-state index is 0. The van der Waals surface area contributed by atoms with Gasteiger partial charge in [0.2, 0.25) is 0 Å². The summed E-state index contributed by atoms with van der Waals surface area (Å²) in [4.78, 5) is 4.54. The molecule has 0 atom stereocenters. The molecule has 0 radical (unpaired) electrons. The Morgan fingerprint density at radius 2 is 1.55 bits per heavy atom. The molecule has 184 valence electrons. The Balaban J connectivity index is -0.000000425. The zero-order chi connectivity index (χ0) is 23.4. The largest absolute Gasteiger partial charge is 1.00 e. The van der Waals surface area contributed by atoms with E-state index in [0.29, 0.717) is 6.04 Å². The van der Waals surface area contributed by atoms with Crippen molar-refractivity contribution in [3.63, 3.8) is 0 Å². The summed E-state index contributed by atoms with van der Waals surface area (Å²) in [5, 5.41) is 7.09. The van der Waals surface area contributed by atoms with Gasteiger partial charge < -0.3 is 20.4 Å². The molecule has 0 spiro atoms. The van der Waals surface area contributed by atoms with Crippen LogP contribution in [-0.4, -0.2) is 68.2 Å². The van der Waals surface area contributed by atoms with E-state index in [1.165, 1.54) is 71.1 Å². The van der Waals surface area contributed by atoms with Crippen LogP contribution < -0.4 is 62.0 Å². The van der Waals surface area contributed by atoms with Crippen molar-refractivity contribution >= 4 is 0 Å². The second-order valence-corrected chi connectivity index (χ2v) is 9.18. The van der Waals surface area contributed by atoms with Gasteiger partial charge in [0.15, 0.2) is 0 Å². The fourth-order valence-electron chi connectivity index (χ4n) is 3.44. The van der Waals surface area contributed by atoms with Crippen molar-refractivity contribution in [3.8, 4) is 0 Å². The number of hydrogen-bond acceptors (Lipinski definition) is 4. The molecule has 2 fully saturated rings. The normalized spacial score (nSPS) is 17.4. The quantitative estimate of drug-likeness (QED) is 0.294. The van der Waals surface area contributed by atoms with Gasteiger partial charge in [0, 0.05) is 25.2 Å². The summed E-state index contributed by atoms with van der Waals surface area (Å²) < 4.78 is 0. The van der Waals surface area contributed by atoms with Crippen molar-refractivity contribution in [1.29, 1.82) is 0 Å². The van der Waals surface area contributed by atoms with E-state index in [0.717, 1.165) is 24.5 Å². The first-order valence-corrected chi connectivity index (χ1v) is 13.0. The third-order valence-corrected chi connectivity index (χ3v) is 5.82. The average Bonchev–Trinajstić information content (AvgIpc) is 3.51. The number of hydrogen-bond donors (Lipinski definition) is 2. The van der Waals surface area contributed by atoms with E-state index in [-0.39, 0.29) is 51.4 Å². The molecule has 0 amide bonds. The van der Waals surface area contributed by atoms with Gasteiger partial charge in [-0.3, -0.25) is 7.05 Å². The van der Waals surface area contributed by atoms with Crippen LogP contribution in [0.5, 0.6) is 0 Å². The van der Waals surface area contributed by atoms with E-state index in [9.17, 15) is 0 Å². The number of likely N-dealkylation sites (tertiary alicyclic amines) is 1. The van der Waals surface area contributed by atoms with Crippen molar-refractivity contribution in [3.05, 3.63) is 7.05 Å². The van der Waals surface area contributed by atoms with Crippen LogP contribution in [0.25, 0.3) is 0 Å². The molecule has 2 rings (SSSR count). The fourth-order valence-corrected chi connectivity index (χ4v) is 3.44. The van der Waals surface area contributed by atoms with Crippen LogP contribution >= 0.6 is 0 Å². The monoisotopic (exact) mass is 466 g/mol. The Bertz CT molecular complexity index is 336. The molecule has 1 saturated heterocycles. The molecule has 0 unspecified atom stereocenters. The molecule has 1 aliphatic carbocycles. The topological polar surface area (TPSA) is 30.5 Å². The van der Waals surface area contributed by atoms with Gasteiger partial charge in [0.05, 0.1) is 0 Å². The third kappa shape index (κ3) is 21.7. The van der Waals surface area contributed by atoms with Crippen molar-refractivity contribution in [2.24, 2.45) is 5.41 Å². The summed E-state index contributed by atoms with van der Waals surface area (Å²) in [6.45, 7) is 24.4. The summed E-state index contributed by atoms with van der Waals surface area (Å²) in [6.07, 6.45) is 9.38. The van der Waals surface area contributed by atoms with E-state index in [4.69, 9.17) is 0 Å². The van der Waals surface area contributed by atoms with Crippen molar-refractivity contribution < 1.29 is 51.4 Å².